The number of para-hydroxylation sites is 1. The maximum atomic E-state index is 13.2. The molecule has 2 saturated heterocycles. The summed E-state index contributed by atoms with van der Waals surface area (Å²) in [6.45, 7) is 7.62. The summed E-state index contributed by atoms with van der Waals surface area (Å²) in [7, 11) is 1.64. The predicted molar refractivity (Wildman–Crippen MR) is 126 cm³/mol. The van der Waals surface area contributed by atoms with Crippen molar-refractivity contribution >= 4 is 17.3 Å². The summed E-state index contributed by atoms with van der Waals surface area (Å²) in [5.74, 6) is 0.730. The van der Waals surface area contributed by atoms with Crippen LogP contribution in [0.3, 0.4) is 0 Å². The van der Waals surface area contributed by atoms with Gasteiger partial charge in [0, 0.05) is 58.0 Å². The second-order valence-electron chi connectivity index (χ2n) is 8.33. The van der Waals surface area contributed by atoms with E-state index in [1.165, 1.54) is 12.1 Å². The van der Waals surface area contributed by atoms with E-state index < -0.39 is 0 Å². The zero-order valence-corrected chi connectivity index (χ0v) is 18.6. The highest BCUT2D eigenvalue weighted by Crippen LogP contribution is 2.29. The normalized spacial score (nSPS) is 17.5. The van der Waals surface area contributed by atoms with Crippen LogP contribution in [-0.4, -0.2) is 75.2 Å². The van der Waals surface area contributed by atoms with Gasteiger partial charge in [0.25, 0.3) is 5.91 Å². The van der Waals surface area contributed by atoms with Gasteiger partial charge in [0.15, 0.2) is 0 Å². The molecule has 4 rings (SSSR count). The van der Waals surface area contributed by atoms with E-state index in [0.29, 0.717) is 11.3 Å². The molecule has 31 heavy (non-hydrogen) atoms. The summed E-state index contributed by atoms with van der Waals surface area (Å²) in [5.41, 5.74) is 2.84. The van der Waals surface area contributed by atoms with Gasteiger partial charge in [0.05, 0.1) is 12.8 Å². The number of carbonyl (C=O) groups is 1. The first-order chi connectivity index (χ1) is 15.3. The van der Waals surface area contributed by atoms with E-state index in [0.717, 1.165) is 70.9 Å². The summed E-state index contributed by atoms with van der Waals surface area (Å²) >= 11 is 0. The molecule has 0 aliphatic carbocycles. The summed E-state index contributed by atoms with van der Waals surface area (Å²) in [5, 5.41) is 3.52. The van der Waals surface area contributed by atoms with Gasteiger partial charge < -0.3 is 19.9 Å². The van der Waals surface area contributed by atoms with Crippen molar-refractivity contribution in [1.82, 2.24) is 9.80 Å². The average molecular weight is 423 g/mol. The number of likely N-dealkylation sites (tertiary alicyclic amines) is 1. The van der Waals surface area contributed by atoms with Crippen molar-refractivity contribution in [2.75, 3.05) is 69.7 Å². The number of amides is 1. The van der Waals surface area contributed by atoms with Crippen LogP contribution in [0.4, 0.5) is 11.4 Å². The van der Waals surface area contributed by atoms with E-state index in [1.807, 2.05) is 23.1 Å². The summed E-state index contributed by atoms with van der Waals surface area (Å²) in [6, 6.07) is 16.5. The second-order valence-corrected chi connectivity index (χ2v) is 8.33. The molecule has 2 fully saturated rings. The Hall–Kier alpha value is -2.73. The fraction of sp³-hybridized carbons (Fsp3) is 0.480. The SMILES string of the molecule is COc1cccc(NCCN2CCN(c3ccccc3)CC2)c1C(=O)N1CCCCC1. The quantitative estimate of drug-likeness (QED) is 0.739. The average Bonchev–Trinajstić information content (AvgIpc) is 2.85. The molecule has 0 atom stereocenters. The zero-order chi connectivity index (χ0) is 21.5. The van der Waals surface area contributed by atoms with Gasteiger partial charge in [-0.25, -0.2) is 0 Å². The lowest BCUT2D eigenvalue weighted by molar-refractivity contribution is 0.0722. The third-order valence-corrected chi connectivity index (χ3v) is 6.34. The molecule has 2 aromatic rings. The third kappa shape index (κ3) is 5.31. The van der Waals surface area contributed by atoms with E-state index in [-0.39, 0.29) is 5.91 Å². The first kappa shape index (κ1) is 21.5. The minimum atomic E-state index is 0.0797. The Morgan fingerprint density at radius 1 is 0.903 bits per heavy atom. The van der Waals surface area contributed by atoms with E-state index in [9.17, 15) is 4.79 Å². The van der Waals surface area contributed by atoms with Crippen molar-refractivity contribution < 1.29 is 9.53 Å². The van der Waals surface area contributed by atoms with Crippen LogP contribution in [0.2, 0.25) is 0 Å². The molecule has 2 heterocycles. The van der Waals surface area contributed by atoms with Crippen molar-refractivity contribution in [3.05, 3.63) is 54.1 Å². The number of ether oxygens (including phenoxy) is 1. The number of carbonyl (C=O) groups excluding carboxylic acids is 1. The lowest BCUT2D eigenvalue weighted by Gasteiger charge is -2.36. The van der Waals surface area contributed by atoms with Crippen LogP contribution in [0.15, 0.2) is 48.5 Å². The van der Waals surface area contributed by atoms with E-state index in [2.05, 4.69) is 45.4 Å². The van der Waals surface area contributed by atoms with Gasteiger partial charge in [-0.1, -0.05) is 24.3 Å². The minimum Gasteiger partial charge on any atom is -0.496 e. The monoisotopic (exact) mass is 422 g/mol. The van der Waals surface area contributed by atoms with Crippen LogP contribution in [-0.2, 0) is 0 Å². The first-order valence-electron chi connectivity index (χ1n) is 11.5. The Labute approximate surface area is 185 Å². The molecular formula is C25H34N4O2. The second kappa shape index (κ2) is 10.5. The Morgan fingerprint density at radius 3 is 2.35 bits per heavy atom. The Balaban J connectivity index is 1.33. The summed E-state index contributed by atoms with van der Waals surface area (Å²) in [4.78, 5) is 20.1. The Morgan fingerprint density at radius 2 is 1.65 bits per heavy atom. The van der Waals surface area contributed by atoms with Gasteiger partial charge in [-0.3, -0.25) is 9.69 Å². The molecule has 0 aromatic heterocycles. The third-order valence-electron chi connectivity index (χ3n) is 6.34. The van der Waals surface area contributed by atoms with Crippen molar-refractivity contribution in [1.29, 1.82) is 0 Å². The zero-order valence-electron chi connectivity index (χ0n) is 18.6. The van der Waals surface area contributed by atoms with Crippen LogP contribution in [0.25, 0.3) is 0 Å². The number of nitrogens with zero attached hydrogens (tertiary/aromatic N) is 3. The molecule has 0 saturated carbocycles. The molecule has 0 spiro atoms. The Bertz CT molecular complexity index is 844. The summed E-state index contributed by atoms with van der Waals surface area (Å²) < 4.78 is 5.54. The molecule has 6 heteroatoms. The maximum absolute atomic E-state index is 13.2. The molecule has 6 nitrogen and oxygen atoms in total. The fourth-order valence-corrected chi connectivity index (χ4v) is 4.54. The Kier molecular flexibility index (Phi) is 7.30. The molecule has 1 N–H and O–H groups in total. The van der Waals surface area contributed by atoms with Crippen LogP contribution in [0.1, 0.15) is 29.6 Å². The van der Waals surface area contributed by atoms with Gasteiger partial charge in [-0.05, 0) is 43.5 Å². The predicted octanol–water partition coefficient (Wildman–Crippen LogP) is 3.56. The van der Waals surface area contributed by atoms with Gasteiger partial charge in [-0.15, -0.1) is 0 Å². The van der Waals surface area contributed by atoms with Gasteiger partial charge >= 0.3 is 0 Å². The van der Waals surface area contributed by atoms with Crippen molar-refractivity contribution in [2.45, 2.75) is 19.3 Å². The molecule has 0 radical (unpaired) electrons. The van der Waals surface area contributed by atoms with Crippen LogP contribution in [0.5, 0.6) is 5.75 Å². The molecule has 2 aliphatic heterocycles. The molecule has 0 unspecified atom stereocenters. The van der Waals surface area contributed by atoms with Crippen molar-refractivity contribution in [3.8, 4) is 5.75 Å². The lowest BCUT2D eigenvalue weighted by Crippen LogP contribution is -2.47. The largest absolute Gasteiger partial charge is 0.496 e. The first-order valence-corrected chi connectivity index (χ1v) is 11.5. The minimum absolute atomic E-state index is 0.0797. The lowest BCUT2D eigenvalue weighted by atomic mass is 10.1. The maximum Gasteiger partial charge on any atom is 0.259 e. The number of hydrogen-bond donors (Lipinski definition) is 1. The molecule has 1 amide bonds. The topological polar surface area (TPSA) is 48.1 Å². The molecular weight excluding hydrogens is 388 g/mol. The molecule has 0 bridgehead atoms. The van der Waals surface area contributed by atoms with Gasteiger partial charge in [-0.2, -0.15) is 0 Å². The molecule has 2 aliphatic rings. The number of rotatable bonds is 7. The standard InChI is InChI=1S/C25H34N4O2/c1-31-23-12-8-11-22(24(23)25(30)29-14-6-3-7-15-29)26-13-16-27-17-19-28(20-18-27)21-9-4-2-5-10-21/h2,4-5,8-12,26H,3,6-7,13-20H2,1H3. The van der Waals surface area contributed by atoms with E-state index in [1.54, 1.807) is 7.11 Å². The number of benzene rings is 2. The van der Waals surface area contributed by atoms with Gasteiger partial charge in [0.2, 0.25) is 0 Å². The number of methoxy groups -OCH3 is 1. The molecule has 2 aromatic carbocycles. The number of hydrogen-bond acceptors (Lipinski definition) is 5. The van der Waals surface area contributed by atoms with Crippen molar-refractivity contribution in [3.63, 3.8) is 0 Å². The number of nitrogens with one attached hydrogen (secondary N) is 1. The van der Waals surface area contributed by atoms with E-state index in [4.69, 9.17) is 4.74 Å². The van der Waals surface area contributed by atoms with Crippen LogP contribution < -0.4 is 15.0 Å². The highest BCUT2D eigenvalue weighted by atomic mass is 16.5. The van der Waals surface area contributed by atoms with Crippen LogP contribution in [0, 0.1) is 0 Å². The number of piperazine rings is 1. The number of anilines is 2. The highest BCUT2D eigenvalue weighted by molar-refractivity contribution is 6.02. The highest BCUT2D eigenvalue weighted by Gasteiger charge is 2.24. The van der Waals surface area contributed by atoms with Gasteiger partial charge in [0.1, 0.15) is 11.3 Å². The number of piperidine rings is 1. The smallest absolute Gasteiger partial charge is 0.259 e. The molecule has 166 valence electrons. The van der Waals surface area contributed by atoms with Crippen LogP contribution >= 0.6 is 0 Å². The fourth-order valence-electron chi connectivity index (χ4n) is 4.54. The van der Waals surface area contributed by atoms with E-state index >= 15 is 0 Å². The van der Waals surface area contributed by atoms with Crippen molar-refractivity contribution in [2.24, 2.45) is 0 Å². The summed E-state index contributed by atoms with van der Waals surface area (Å²) in [6.07, 6.45) is 3.37.